The zero-order valence-corrected chi connectivity index (χ0v) is 14.3. The fourth-order valence-corrected chi connectivity index (χ4v) is 3.28. The summed E-state index contributed by atoms with van der Waals surface area (Å²) in [6.07, 6.45) is 5.50. The van der Waals surface area contributed by atoms with Crippen molar-refractivity contribution in [2.45, 2.75) is 32.2 Å². The van der Waals surface area contributed by atoms with Crippen molar-refractivity contribution < 1.29 is 9.21 Å². The third kappa shape index (κ3) is 4.34. The normalized spacial score (nSPS) is 16.9. The zero-order valence-electron chi connectivity index (χ0n) is 14.3. The van der Waals surface area contributed by atoms with E-state index in [9.17, 15) is 4.79 Å². The maximum absolute atomic E-state index is 12.3. The molecule has 1 saturated heterocycles. The quantitative estimate of drug-likeness (QED) is 0.790. The molecule has 1 N–H and O–H groups in total. The van der Waals surface area contributed by atoms with Gasteiger partial charge in [-0.2, -0.15) is 0 Å². The van der Waals surface area contributed by atoms with Gasteiger partial charge in [0.1, 0.15) is 5.76 Å². The van der Waals surface area contributed by atoms with E-state index in [0.29, 0.717) is 6.54 Å². The Kier molecular flexibility index (Phi) is 5.83. The predicted octanol–water partition coefficient (Wildman–Crippen LogP) is 3.59. The molecule has 128 valence electrons. The number of likely N-dealkylation sites (tertiary alicyclic amines) is 1. The molecule has 2 heterocycles. The molecule has 0 amide bonds. The summed E-state index contributed by atoms with van der Waals surface area (Å²) >= 11 is 0. The average Bonchev–Trinajstić information content (AvgIpc) is 3.14. The minimum absolute atomic E-state index is 0.131. The molecular formula is C20H26N2O2. The summed E-state index contributed by atoms with van der Waals surface area (Å²) in [7, 11) is 0. The molecule has 1 aromatic heterocycles. The second kappa shape index (κ2) is 8.27. The molecule has 1 atom stereocenters. The van der Waals surface area contributed by atoms with Crippen molar-refractivity contribution in [1.29, 1.82) is 0 Å². The van der Waals surface area contributed by atoms with E-state index in [1.54, 1.807) is 6.26 Å². The zero-order chi connectivity index (χ0) is 16.8. The Labute approximate surface area is 143 Å². The number of furan rings is 1. The van der Waals surface area contributed by atoms with Crippen molar-refractivity contribution in [2.24, 2.45) is 0 Å². The number of piperidine rings is 1. The Morgan fingerprint density at radius 1 is 1.17 bits per heavy atom. The smallest absolute Gasteiger partial charge is 0.176 e. The van der Waals surface area contributed by atoms with Crippen molar-refractivity contribution in [3.05, 3.63) is 59.5 Å². The molecule has 3 rings (SSSR count). The van der Waals surface area contributed by atoms with E-state index in [4.69, 9.17) is 4.42 Å². The first-order valence-electron chi connectivity index (χ1n) is 8.82. The lowest BCUT2D eigenvalue weighted by Crippen LogP contribution is -2.40. The number of carbonyl (C=O) groups excluding carboxylic acids is 1. The van der Waals surface area contributed by atoms with Crippen LogP contribution in [0.2, 0.25) is 0 Å². The van der Waals surface area contributed by atoms with E-state index >= 15 is 0 Å². The topological polar surface area (TPSA) is 45.5 Å². The molecule has 4 nitrogen and oxygen atoms in total. The molecule has 1 fully saturated rings. The lowest BCUT2D eigenvalue weighted by Gasteiger charge is -2.33. The number of Topliss-reactive ketones (excluding diaryl/α,β-unsaturated/α-hetero) is 1. The first-order chi connectivity index (χ1) is 11.7. The number of carbonyl (C=O) groups is 1. The van der Waals surface area contributed by atoms with Crippen LogP contribution in [0.4, 0.5) is 0 Å². The highest BCUT2D eigenvalue weighted by Gasteiger charge is 2.24. The number of nitrogens with one attached hydrogen (secondary N) is 1. The van der Waals surface area contributed by atoms with Gasteiger partial charge in [-0.3, -0.25) is 9.69 Å². The van der Waals surface area contributed by atoms with Gasteiger partial charge < -0.3 is 9.73 Å². The summed E-state index contributed by atoms with van der Waals surface area (Å²) in [5.41, 5.74) is 1.93. The van der Waals surface area contributed by atoms with Crippen LogP contribution in [0.5, 0.6) is 0 Å². The third-order valence-corrected chi connectivity index (χ3v) is 4.70. The van der Waals surface area contributed by atoms with Crippen molar-refractivity contribution in [3.63, 3.8) is 0 Å². The van der Waals surface area contributed by atoms with E-state index in [1.165, 1.54) is 24.8 Å². The number of hydrogen-bond acceptors (Lipinski definition) is 4. The van der Waals surface area contributed by atoms with Crippen LogP contribution < -0.4 is 5.32 Å². The molecule has 0 aliphatic carbocycles. The number of hydrogen-bond donors (Lipinski definition) is 1. The average molecular weight is 326 g/mol. The first-order valence-corrected chi connectivity index (χ1v) is 8.82. The van der Waals surface area contributed by atoms with Crippen LogP contribution >= 0.6 is 0 Å². The molecule has 2 aromatic rings. The number of aryl methyl sites for hydroxylation is 1. The molecule has 1 unspecified atom stereocenters. The van der Waals surface area contributed by atoms with Gasteiger partial charge in [-0.15, -0.1) is 0 Å². The Balaban J connectivity index is 1.57. The molecule has 1 aromatic carbocycles. The molecular weight excluding hydrogens is 300 g/mol. The van der Waals surface area contributed by atoms with E-state index < -0.39 is 0 Å². The van der Waals surface area contributed by atoms with E-state index in [0.717, 1.165) is 31.0 Å². The largest absolute Gasteiger partial charge is 0.468 e. The Morgan fingerprint density at radius 2 is 1.92 bits per heavy atom. The van der Waals surface area contributed by atoms with Crippen LogP contribution in [0.25, 0.3) is 0 Å². The van der Waals surface area contributed by atoms with Gasteiger partial charge in [-0.1, -0.05) is 36.2 Å². The van der Waals surface area contributed by atoms with Gasteiger partial charge >= 0.3 is 0 Å². The van der Waals surface area contributed by atoms with Crippen LogP contribution in [0.1, 0.15) is 47.0 Å². The van der Waals surface area contributed by atoms with Gasteiger partial charge in [0, 0.05) is 12.1 Å². The fraction of sp³-hybridized carbons (Fsp3) is 0.450. The lowest BCUT2D eigenvalue weighted by atomic mass is 10.1. The number of rotatable bonds is 7. The summed E-state index contributed by atoms with van der Waals surface area (Å²) in [6, 6.07) is 11.9. The maximum atomic E-state index is 12.3. The van der Waals surface area contributed by atoms with Gasteiger partial charge in [0.25, 0.3) is 0 Å². The fourth-order valence-electron chi connectivity index (χ4n) is 3.28. The third-order valence-electron chi connectivity index (χ3n) is 4.70. The molecule has 0 radical (unpaired) electrons. The predicted molar refractivity (Wildman–Crippen MR) is 95.3 cm³/mol. The monoisotopic (exact) mass is 326 g/mol. The highest BCUT2D eigenvalue weighted by molar-refractivity contribution is 5.97. The summed E-state index contributed by atoms with van der Waals surface area (Å²) < 4.78 is 5.64. The highest BCUT2D eigenvalue weighted by atomic mass is 16.3. The van der Waals surface area contributed by atoms with Crippen LogP contribution in [0, 0.1) is 6.92 Å². The highest BCUT2D eigenvalue weighted by Crippen LogP contribution is 2.24. The van der Waals surface area contributed by atoms with Gasteiger partial charge in [0.15, 0.2) is 5.78 Å². The van der Waals surface area contributed by atoms with E-state index in [-0.39, 0.29) is 11.8 Å². The minimum atomic E-state index is 0.131. The molecule has 1 aliphatic heterocycles. The molecule has 0 saturated carbocycles. The molecule has 0 bridgehead atoms. The van der Waals surface area contributed by atoms with Crippen LogP contribution in [-0.4, -0.2) is 36.9 Å². The number of ketones is 1. The minimum Gasteiger partial charge on any atom is -0.468 e. The van der Waals surface area contributed by atoms with Gasteiger partial charge in [0.2, 0.25) is 0 Å². The van der Waals surface area contributed by atoms with Crippen LogP contribution in [0.15, 0.2) is 47.1 Å². The number of nitrogens with zero attached hydrogens (tertiary/aromatic N) is 1. The van der Waals surface area contributed by atoms with E-state index in [2.05, 4.69) is 10.2 Å². The van der Waals surface area contributed by atoms with Crippen molar-refractivity contribution >= 4 is 5.78 Å². The van der Waals surface area contributed by atoms with Crippen molar-refractivity contribution in [2.75, 3.05) is 26.2 Å². The number of benzene rings is 1. The summed E-state index contributed by atoms with van der Waals surface area (Å²) in [4.78, 5) is 14.8. The summed E-state index contributed by atoms with van der Waals surface area (Å²) in [5.74, 6) is 1.11. The summed E-state index contributed by atoms with van der Waals surface area (Å²) in [6.45, 7) is 5.30. The SMILES string of the molecule is Cc1ccc(C(=O)CNCC(c2ccco2)N2CCCCC2)cc1. The van der Waals surface area contributed by atoms with Crippen molar-refractivity contribution in [1.82, 2.24) is 10.2 Å². The Bertz CT molecular complexity index is 628. The first kappa shape index (κ1) is 16.9. The summed E-state index contributed by atoms with van der Waals surface area (Å²) in [5, 5.41) is 3.33. The molecule has 4 heteroatoms. The van der Waals surface area contributed by atoms with Gasteiger partial charge in [-0.25, -0.2) is 0 Å². The van der Waals surface area contributed by atoms with Crippen LogP contribution in [0.3, 0.4) is 0 Å². The maximum Gasteiger partial charge on any atom is 0.176 e. The second-order valence-corrected chi connectivity index (χ2v) is 6.55. The van der Waals surface area contributed by atoms with E-state index in [1.807, 2.05) is 43.3 Å². The molecule has 0 spiro atoms. The molecule has 1 aliphatic rings. The Morgan fingerprint density at radius 3 is 2.58 bits per heavy atom. The molecule has 24 heavy (non-hydrogen) atoms. The van der Waals surface area contributed by atoms with Gasteiger partial charge in [0.05, 0.1) is 18.8 Å². The lowest BCUT2D eigenvalue weighted by molar-refractivity contribution is 0.0980. The standard InChI is InChI=1S/C20H26N2O2/c1-16-7-9-17(10-8-16)19(23)15-21-14-18(20-6-5-13-24-20)22-11-3-2-4-12-22/h5-10,13,18,21H,2-4,11-12,14-15H2,1H3. The second-order valence-electron chi connectivity index (χ2n) is 6.55. The Hall–Kier alpha value is -1.91. The van der Waals surface area contributed by atoms with Crippen LogP contribution in [-0.2, 0) is 0 Å². The van der Waals surface area contributed by atoms with Crippen molar-refractivity contribution in [3.8, 4) is 0 Å². The van der Waals surface area contributed by atoms with Gasteiger partial charge in [-0.05, 0) is 45.0 Å².